The molecule has 2 atom stereocenters. The zero-order valence-electron chi connectivity index (χ0n) is 12.8. The van der Waals surface area contributed by atoms with Crippen molar-refractivity contribution in [1.29, 1.82) is 0 Å². The molecule has 1 rings (SSSR count). The van der Waals surface area contributed by atoms with Gasteiger partial charge < -0.3 is 5.32 Å². The zero-order valence-corrected chi connectivity index (χ0v) is 13.6. The van der Waals surface area contributed by atoms with Crippen molar-refractivity contribution in [1.82, 2.24) is 4.72 Å². The minimum absolute atomic E-state index is 0.0794. The van der Waals surface area contributed by atoms with E-state index in [1.165, 1.54) is 0 Å². The molecule has 0 spiro atoms. The highest BCUT2D eigenvalue weighted by Gasteiger charge is 2.22. The number of hydrogen-bond donors (Lipinski definition) is 2. The molecule has 0 amide bonds. The van der Waals surface area contributed by atoms with Gasteiger partial charge >= 0.3 is 0 Å². The summed E-state index contributed by atoms with van der Waals surface area (Å²) in [5.74, 6) is 0.306. The van der Waals surface area contributed by atoms with Gasteiger partial charge in [0.2, 0.25) is 10.0 Å². The lowest BCUT2D eigenvalue weighted by molar-refractivity contribution is 0.434. The maximum Gasteiger partial charge on any atom is 0.242 e. The molecule has 20 heavy (non-hydrogen) atoms. The summed E-state index contributed by atoms with van der Waals surface area (Å²) < 4.78 is 27.8. The van der Waals surface area contributed by atoms with Crippen LogP contribution in [0.1, 0.15) is 40.5 Å². The van der Waals surface area contributed by atoms with Gasteiger partial charge in [0.05, 0.1) is 5.69 Å². The molecule has 0 radical (unpaired) electrons. The summed E-state index contributed by atoms with van der Waals surface area (Å²) in [7, 11) is -3.49. The van der Waals surface area contributed by atoms with E-state index >= 15 is 0 Å². The molecule has 2 unspecified atom stereocenters. The van der Waals surface area contributed by atoms with Gasteiger partial charge in [0.15, 0.2) is 0 Å². The number of anilines is 1. The first-order valence-corrected chi connectivity index (χ1v) is 8.75. The summed E-state index contributed by atoms with van der Waals surface area (Å²) in [6.07, 6.45) is 1.89. The van der Waals surface area contributed by atoms with Crippen molar-refractivity contribution in [3.05, 3.63) is 24.3 Å². The van der Waals surface area contributed by atoms with Gasteiger partial charge in [-0.3, -0.25) is 0 Å². The number of benzene rings is 1. The predicted molar refractivity (Wildman–Crippen MR) is 84.5 cm³/mol. The fourth-order valence-electron chi connectivity index (χ4n) is 1.88. The average molecular weight is 298 g/mol. The monoisotopic (exact) mass is 298 g/mol. The van der Waals surface area contributed by atoms with Gasteiger partial charge in [0, 0.05) is 12.6 Å². The van der Waals surface area contributed by atoms with Crippen molar-refractivity contribution < 1.29 is 8.42 Å². The second kappa shape index (κ2) is 7.64. The SMILES string of the molecule is CCCNc1ccccc1S(=O)(=O)NC(C)C(C)CC. The molecule has 0 aliphatic rings. The van der Waals surface area contributed by atoms with Gasteiger partial charge in [-0.2, -0.15) is 0 Å². The molecule has 0 saturated carbocycles. The lowest BCUT2D eigenvalue weighted by atomic mass is 10.0. The minimum Gasteiger partial charge on any atom is -0.384 e. The molecule has 4 nitrogen and oxygen atoms in total. The Morgan fingerprint density at radius 3 is 2.40 bits per heavy atom. The second-order valence-corrected chi connectivity index (χ2v) is 6.90. The molecular weight excluding hydrogens is 272 g/mol. The quantitative estimate of drug-likeness (QED) is 0.774. The Bertz CT molecular complexity index is 514. The van der Waals surface area contributed by atoms with Gasteiger partial charge in [-0.1, -0.05) is 39.3 Å². The molecule has 5 heteroatoms. The van der Waals surface area contributed by atoms with Crippen LogP contribution in [0.2, 0.25) is 0 Å². The molecule has 0 heterocycles. The normalized spacial score (nSPS) is 14.8. The first-order chi connectivity index (χ1) is 9.42. The van der Waals surface area contributed by atoms with Gasteiger partial charge in [0.1, 0.15) is 4.90 Å². The van der Waals surface area contributed by atoms with Crippen molar-refractivity contribution in [2.45, 2.75) is 51.5 Å². The molecule has 0 saturated heterocycles. The second-order valence-electron chi connectivity index (χ2n) is 5.22. The summed E-state index contributed by atoms with van der Waals surface area (Å²) in [5.41, 5.74) is 0.665. The molecular formula is C15H26N2O2S. The Balaban J connectivity index is 2.97. The largest absolute Gasteiger partial charge is 0.384 e. The Morgan fingerprint density at radius 2 is 1.80 bits per heavy atom. The van der Waals surface area contributed by atoms with E-state index in [9.17, 15) is 8.42 Å². The molecule has 114 valence electrons. The van der Waals surface area contributed by atoms with Crippen molar-refractivity contribution in [3.8, 4) is 0 Å². The lowest BCUT2D eigenvalue weighted by Gasteiger charge is -2.21. The van der Waals surface area contributed by atoms with Crippen LogP contribution in [0.5, 0.6) is 0 Å². The van der Waals surface area contributed by atoms with Crippen LogP contribution in [0, 0.1) is 5.92 Å². The molecule has 1 aromatic carbocycles. The third-order valence-electron chi connectivity index (χ3n) is 3.58. The summed E-state index contributed by atoms with van der Waals surface area (Å²) in [6.45, 7) is 8.83. The molecule has 1 aromatic rings. The Labute approximate surface area is 123 Å². The van der Waals surface area contributed by atoms with E-state index in [0.29, 0.717) is 16.5 Å². The average Bonchev–Trinajstić information content (AvgIpc) is 2.43. The first-order valence-electron chi connectivity index (χ1n) is 7.27. The van der Waals surface area contributed by atoms with Crippen LogP contribution in [-0.2, 0) is 10.0 Å². The van der Waals surface area contributed by atoms with Crippen molar-refractivity contribution in [3.63, 3.8) is 0 Å². The van der Waals surface area contributed by atoms with Crippen LogP contribution in [-0.4, -0.2) is 21.0 Å². The fourth-order valence-corrected chi connectivity index (χ4v) is 3.42. The van der Waals surface area contributed by atoms with Gasteiger partial charge in [-0.15, -0.1) is 0 Å². The topological polar surface area (TPSA) is 58.2 Å². The van der Waals surface area contributed by atoms with Gasteiger partial charge in [0.25, 0.3) is 0 Å². The third kappa shape index (κ3) is 4.49. The highest BCUT2D eigenvalue weighted by molar-refractivity contribution is 7.89. The summed E-state index contributed by atoms with van der Waals surface area (Å²) in [4.78, 5) is 0.323. The van der Waals surface area contributed by atoms with Crippen molar-refractivity contribution in [2.75, 3.05) is 11.9 Å². The van der Waals surface area contributed by atoms with Crippen LogP contribution >= 0.6 is 0 Å². The maximum atomic E-state index is 12.5. The number of hydrogen-bond acceptors (Lipinski definition) is 3. The summed E-state index contributed by atoms with van der Waals surface area (Å²) in [6, 6.07) is 6.96. The molecule has 2 N–H and O–H groups in total. The molecule has 0 aliphatic heterocycles. The van der Waals surface area contributed by atoms with E-state index in [-0.39, 0.29) is 6.04 Å². The Morgan fingerprint density at radius 1 is 1.15 bits per heavy atom. The van der Waals surface area contributed by atoms with Crippen LogP contribution < -0.4 is 10.0 Å². The summed E-state index contributed by atoms with van der Waals surface area (Å²) in [5, 5.41) is 3.17. The van der Waals surface area contributed by atoms with E-state index in [4.69, 9.17) is 0 Å². The highest BCUT2D eigenvalue weighted by Crippen LogP contribution is 2.22. The molecule has 0 aliphatic carbocycles. The van der Waals surface area contributed by atoms with E-state index < -0.39 is 10.0 Å². The van der Waals surface area contributed by atoms with Crippen molar-refractivity contribution in [2.24, 2.45) is 5.92 Å². The summed E-state index contributed by atoms with van der Waals surface area (Å²) >= 11 is 0. The minimum atomic E-state index is -3.49. The van der Waals surface area contributed by atoms with E-state index in [2.05, 4.69) is 23.9 Å². The number of rotatable bonds is 8. The van der Waals surface area contributed by atoms with Crippen LogP contribution in [0.3, 0.4) is 0 Å². The van der Waals surface area contributed by atoms with Gasteiger partial charge in [-0.25, -0.2) is 13.1 Å². The standard InChI is InChI=1S/C15H26N2O2S/c1-5-11-16-14-9-7-8-10-15(14)20(18,19)17-13(4)12(3)6-2/h7-10,12-13,16-17H,5-6,11H2,1-4H3. The smallest absolute Gasteiger partial charge is 0.242 e. The van der Waals surface area contributed by atoms with Crippen LogP contribution in [0.4, 0.5) is 5.69 Å². The number of nitrogens with one attached hydrogen (secondary N) is 2. The lowest BCUT2D eigenvalue weighted by Crippen LogP contribution is -2.37. The molecule has 0 aromatic heterocycles. The van der Waals surface area contributed by atoms with E-state index in [1.54, 1.807) is 18.2 Å². The third-order valence-corrected chi connectivity index (χ3v) is 5.20. The number of sulfonamides is 1. The Kier molecular flexibility index (Phi) is 6.49. The maximum absolute atomic E-state index is 12.5. The Hall–Kier alpha value is -1.07. The van der Waals surface area contributed by atoms with Crippen LogP contribution in [0.25, 0.3) is 0 Å². The molecule has 0 fully saturated rings. The zero-order chi connectivity index (χ0) is 15.2. The molecule has 0 bridgehead atoms. The highest BCUT2D eigenvalue weighted by atomic mass is 32.2. The first kappa shape index (κ1) is 17.0. The fraction of sp³-hybridized carbons (Fsp3) is 0.600. The van der Waals surface area contributed by atoms with E-state index in [1.807, 2.05) is 19.9 Å². The van der Waals surface area contributed by atoms with Crippen molar-refractivity contribution >= 4 is 15.7 Å². The predicted octanol–water partition coefficient (Wildman–Crippen LogP) is 3.22. The van der Waals surface area contributed by atoms with E-state index in [0.717, 1.165) is 19.4 Å². The van der Waals surface area contributed by atoms with Crippen LogP contribution in [0.15, 0.2) is 29.2 Å². The van der Waals surface area contributed by atoms with Gasteiger partial charge in [-0.05, 0) is 31.4 Å². The number of para-hydroxylation sites is 1.